The van der Waals surface area contributed by atoms with E-state index in [1.165, 1.54) is 7.11 Å². The van der Waals surface area contributed by atoms with Crippen molar-refractivity contribution >= 4 is 12.0 Å². The van der Waals surface area contributed by atoms with E-state index in [9.17, 15) is 9.59 Å². The van der Waals surface area contributed by atoms with Gasteiger partial charge >= 0.3 is 12.0 Å². The van der Waals surface area contributed by atoms with E-state index in [1.54, 1.807) is 4.90 Å². The van der Waals surface area contributed by atoms with E-state index in [2.05, 4.69) is 10.1 Å². The molecule has 1 N–H and O–H groups in total. The lowest BCUT2D eigenvalue weighted by atomic mass is 10.4. The van der Waals surface area contributed by atoms with Gasteiger partial charge in [-0.2, -0.15) is 0 Å². The zero-order chi connectivity index (χ0) is 10.4. The SMILES string of the molecule is COC(=O)CCNC(=O)N1CCCC1. The number of ether oxygens (including phenoxy) is 1. The third-order valence-corrected chi connectivity index (χ3v) is 2.23. The lowest BCUT2D eigenvalue weighted by Gasteiger charge is -2.15. The van der Waals surface area contributed by atoms with Crippen molar-refractivity contribution in [3.05, 3.63) is 0 Å². The fourth-order valence-electron chi connectivity index (χ4n) is 1.41. The molecule has 0 atom stereocenters. The van der Waals surface area contributed by atoms with Crippen molar-refractivity contribution in [1.29, 1.82) is 0 Å². The second kappa shape index (κ2) is 5.47. The number of carbonyl (C=O) groups is 2. The Kier molecular flexibility index (Phi) is 4.22. The van der Waals surface area contributed by atoms with Crippen molar-refractivity contribution in [2.24, 2.45) is 0 Å². The minimum atomic E-state index is -0.299. The van der Waals surface area contributed by atoms with Crippen LogP contribution in [0.15, 0.2) is 0 Å². The third-order valence-electron chi connectivity index (χ3n) is 2.23. The van der Waals surface area contributed by atoms with E-state index >= 15 is 0 Å². The molecule has 1 fully saturated rings. The number of methoxy groups -OCH3 is 1. The average molecular weight is 200 g/mol. The molecule has 0 aliphatic carbocycles. The maximum Gasteiger partial charge on any atom is 0.317 e. The Hall–Kier alpha value is -1.26. The number of amides is 2. The highest BCUT2D eigenvalue weighted by atomic mass is 16.5. The van der Waals surface area contributed by atoms with E-state index in [0.29, 0.717) is 6.54 Å². The molecule has 0 aromatic rings. The van der Waals surface area contributed by atoms with Gasteiger partial charge in [0.05, 0.1) is 13.5 Å². The summed E-state index contributed by atoms with van der Waals surface area (Å²) in [4.78, 5) is 23.9. The number of urea groups is 1. The number of nitrogens with one attached hydrogen (secondary N) is 1. The van der Waals surface area contributed by atoms with Crippen LogP contribution in [0, 0.1) is 0 Å². The summed E-state index contributed by atoms with van der Waals surface area (Å²) in [5.74, 6) is -0.299. The molecule has 1 aliphatic heterocycles. The topological polar surface area (TPSA) is 58.6 Å². The monoisotopic (exact) mass is 200 g/mol. The van der Waals surface area contributed by atoms with Crippen molar-refractivity contribution in [2.45, 2.75) is 19.3 Å². The van der Waals surface area contributed by atoms with Gasteiger partial charge in [0, 0.05) is 19.6 Å². The second-order valence-corrected chi connectivity index (χ2v) is 3.25. The van der Waals surface area contributed by atoms with Gasteiger partial charge in [-0.25, -0.2) is 4.79 Å². The molecule has 0 aromatic carbocycles. The Morgan fingerprint density at radius 3 is 2.57 bits per heavy atom. The van der Waals surface area contributed by atoms with Crippen LogP contribution in [-0.4, -0.2) is 43.6 Å². The minimum Gasteiger partial charge on any atom is -0.469 e. The first-order valence-corrected chi connectivity index (χ1v) is 4.83. The highest BCUT2D eigenvalue weighted by Crippen LogP contribution is 2.06. The quantitative estimate of drug-likeness (QED) is 0.669. The Labute approximate surface area is 83.4 Å². The minimum absolute atomic E-state index is 0.0774. The number of rotatable bonds is 3. The predicted octanol–water partition coefficient (Wildman–Crippen LogP) is 0.355. The van der Waals surface area contributed by atoms with Gasteiger partial charge in [0.25, 0.3) is 0 Å². The molecule has 80 valence electrons. The standard InChI is InChI=1S/C9H16N2O3/c1-14-8(12)4-5-10-9(13)11-6-2-3-7-11/h2-7H2,1H3,(H,10,13). The Morgan fingerprint density at radius 1 is 1.36 bits per heavy atom. The summed E-state index contributed by atoms with van der Waals surface area (Å²) in [7, 11) is 1.34. The normalized spacial score (nSPS) is 15.4. The van der Waals surface area contributed by atoms with E-state index in [1.807, 2.05) is 0 Å². The summed E-state index contributed by atoms with van der Waals surface area (Å²) in [6.07, 6.45) is 2.38. The highest BCUT2D eigenvalue weighted by molar-refractivity contribution is 5.75. The lowest BCUT2D eigenvalue weighted by Crippen LogP contribution is -2.38. The average Bonchev–Trinajstić information content (AvgIpc) is 2.70. The summed E-state index contributed by atoms with van der Waals surface area (Å²) in [5, 5.41) is 2.68. The van der Waals surface area contributed by atoms with Gasteiger partial charge in [-0.15, -0.1) is 0 Å². The third kappa shape index (κ3) is 3.24. The molecule has 0 radical (unpaired) electrons. The van der Waals surface area contributed by atoms with Gasteiger partial charge in [0.1, 0.15) is 0 Å². The first kappa shape index (κ1) is 10.8. The number of esters is 1. The van der Waals surface area contributed by atoms with Crippen LogP contribution in [0.5, 0.6) is 0 Å². The second-order valence-electron chi connectivity index (χ2n) is 3.25. The maximum atomic E-state index is 11.4. The van der Waals surface area contributed by atoms with Crippen LogP contribution in [0.4, 0.5) is 4.79 Å². The Balaban J connectivity index is 2.11. The molecule has 0 saturated carbocycles. The van der Waals surface area contributed by atoms with Crippen LogP contribution in [0.25, 0.3) is 0 Å². The number of carbonyl (C=O) groups excluding carboxylic acids is 2. The molecule has 0 bridgehead atoms. The summed E-state index contributed by atoms with van der Waals surface area (Å²) in [6.45, 7) is 2.00. The number of likely N-dealkylation sites (tertiary alicyclic amines) is 1. The largest absolute Gasteiger partial charge is 0.469 e. The molecular weight excluding hydrogens is 184 g/mol. The van der Waals surface area contributed by atoms with Crippen molar-refractivity contribution in [3.8, 4) is 0 Å². The van der Waals surface area contributed by atoms with Crippen LogP contribution in [0.3, 0.4) is 0 Å². The fraction of sp³-hybridized carbons (Fsp3) is 0.778. The Bertz CT molecular complexity index is 212. The molecule has 5 nitrogen and oxygen atoms in total. The van der Waals surface area contributed by atoms with Crippen molar-refractivity contribution < 1.29 is 14.3 Å². The number of hydrogen-bond acceptors (Lipinski definition) is 3. The van der Waals surface area contributed by atoms with Crippen LogP contribution in [0.2, 0.25) is 0 Å². The van der Waals surface area contributed by atoms with Crippen LogP contribution in [-0.2, 0) is 9.53 Å². The first-order valence-electron chi connectivity index (χ1n) is 4.83. The zero-order valence-electron chi connectivity index (χ0n) is 8.41. The molecule has 2 amide bonds. The van der Waals surface area contributed by atoms with Crippen molar-refractivity contribution in [3.63, 3.8) is 0 Å². The van der Waals surface area contributed by atoms with Crippen LogP contribution < -0.4 is 5.32 Å². The molecule has 1 heterocycles. The predicted molar refractivity (Wildman–Crippen MR) is 50.8 cm³/mol. The van der Waals surface area contributed by atoms with Gasteiger partial charge in [0.2, 0.25) is 0 Å². The Morgan fingerprint density at radius 2 is 2.00 bits per heavy atom. The van der Waals surface area contributed by atoms with E-state index in [-0.39, 0.29) is 18.4 Å². The molecule has 1 aliphatic rings. The molecule has 5 heteroatoms. The first-order chi connectivity index (χ1) is 6.74. The number of nitrogens with zero attached hydrogens (tertiary/aromatic N) is 1. The smallest absolute Gasteiger partial charge is 0.317 e. The van der Waals surface area contributed by atoms with Crippen molar-refractivity contribution in [1.82, 2.24) is 10.2 Å². The molecule has 0 aromatic heterocycles. The molecule has 14 heavy (non-hydrogen) atoms. The van der Waals surface area contributed by atoms with Gasteiger partial charge < -0.3 is 15.0 Å². The lowest BCUT2D eigenvalue weighted by molar-refractivity contribution is -0.140. The van der Waals surface area contributed by atoms with Gasteiger partial charge in [-0.3, -0.25) is 4.79 Å². The van der Waals surface area contributed by atoms with Crippen LogP contribution >= 0.6 is 0 Å². The molecule has 1 saturated heterocycles. The molecule has 0 unspecified atom stereocenters. The maximum absolute atomic E-state index is 11.4. The van der Waals surface area contributed by atoms with E-state index in [4.69, 9.17) is 0 Å². The van der Waals surface area contributed by atoms with Gasteiger partial charge in [-0.1, -0.05) is 0 Å². The van der Waals surface area contributed by atoms with Gasteiger partial charge in [-0.05, 0) is 12.8 Å². The summed E-state index contributed by atoms with van der Waals surface area (Å²) in [6, 6.07) is -0.0774. The highest BCUT2D eigenvalue weighted by Gasteiger charge is 2.17. The number of hydrogen-bond donors (Lipinski definition) is 1. The van der Waals surface area contributed by atoms with Gasteiger partial charge in [0.15, 0.2) is 0 Å². The zero-order valence-corrected chi connectivity index (χ0v) is 8.41. The summed E-state index contributed by atoms with van der Waals surface area (Å²) >= 11 is 0. The van der Waals surface area contributed by atoms with Crippen LogP contribution in [0.1, 0.15) is 19.3 Å². The van der Waals surface area contributed by atoms with Crippen molar-refractivity contribution in [2.75, 3.05) is 26.7 Å². The summed E-state index contributed by atoms with van der Waals surface area (Å²) < 4.78 is 4.45. The molecule has 0 spiro atoms. The fourth-order valence-corrected chi connectivity index (χ4v) is 1.41. The summed E-state index contributed by atoms with van der Waals surface area (Å²) in [5.41, 5.74) is 0. The van der Waals surface area contributed by atoms with E-state index < -0.39 is 0 Å². The molecular formula is C9H16N2O3. The molecule has 1 rings (SSSR count). The van der Waals surface area contributed by atoms with E-state index in [0.717, 1.165) is 25.9 Å².